The van der Waals surface area contributed by atoms with Crippen molar-refractivity contribution in [2.24, 2.45) is 0 Å². The first-order chi connectivity index (χ1) is 6.99. The molecule has 1 aromatic rings. The Hall–Kier alpha value is -2.31. The van der Waals surface area contributed by atoms with Crippen molar-refractivity contribution in [1.29, 1.82) is 0 Å². The molecule has 0 radical (unpaired) electrons. The van der Waals surface area contributed by atoms with Gasteiger partial charge in [-0.1, -0.05) is 0 Å². The summed E-state index contributed by atoms with van der Waals surface area (Å²) in [7, 11) is 1.08. The number of esters is 1. The second-order valence-corrected chi connectivity index (χ2v) is 2.65. The number of hydrogen-bond acceptors (Lipinski definition) is 6. The van der Waals surface area contributed by atoms with E-state index in [-0.39, 0.29) is 5.69 Å². The zero-order chi connectivity index (χ0) is 11.6. The number of nitrogen functional groups attached to an aromatic ring is 1. The van der Waals surface area contributed by atoms with Crippen LogP contribution in [0.5, 0.6) is 5.75 Å². The summed E-state index contributed by atoms with van der Waals surface area (Å²) in [4.78, 5) is 20.8. The van der Waals surface area contributed by atoms with Crippen molar-refractivity contribution in [3.8, 4) is 5.75 Å². The molecule has 0 atom stereocenters. The van der Waals surface area contributed by atoms with Gasteiger partial charge in [0.1, 0.15) is 5.56 Å². The summed E-state index contributed by atoms with van der Waals surface area (Å²) in [5, 5.41) is 19.9. The van der Waals surface area contributed by atoms with Crippen LogP contribution in [0.4, 0.5) is 11.4 Å². The fraction of sp³-hybridized carbons (Fsp3) is 0.125. The van der Waals surface area contributed by atoms with Gasteiger partial charge in [0.2, 0.25) is 5.75 Å². The lowest BCUT2D eigenvalue weighted by molar-refractivity contribution is -0.385. The Bertz CT molecular complexity index is 429. The monoisotopic (exact) mass is 212 g/mol. The number of nitrogens with two attached hydrogens (primary N) is 1. The molecule has 1 aromatic carbocycles. The first kappa shape index (κ1) is 10.8. The van der Waals surface area contributed by atoms with Crippen LogP contribution in [0.2, 0.25) is 0 Å². The molecule has 0 bridgehead atoms. The minimum Gasteiger partial charge on any atom is -0.501 e. The van der Waals surface area contributed by atoms with Crippen molar-refractivity contribution in [3.63, 3.8) is 0 Å². The van der Waals surface area contributed by atoms with Crippen LogP contribution in [-0.4, -0.2) is 23.1 Å². The summed E-state index contributed by atoms with van der Waals surface area (Å²) in [6, 6.07) is 2.17. The van der Waals surface area contributed by atoms with E-state index in [1.807, 2.05) is 0 Å². The first-order valence-electron chi connectivity index (χ1n) is 3.83. The lowest BCUT2D eigenvalue weighted by Crippen LogP contribution is -2.07. The molecule has 1 rings (SSSR count). The van der Waals surface area contributed by atoms with E-state index in [0.717, 1.165) is 19.2 Å². The average Bonchev–Trinajstić information content (AvgIpc) is 2.16. The number of nitrogens with zero attached hydrogens (tertiary/aromatic N) is 1. The van der Waals surface area contributed by atoms with Gasteiger partial charge in [-0.15, -0.1) is 0 Å². The molecule has 0 amide bonds. The predicted octanol–water partition coefficient (Wildman–Crippen LogP) is 0.669. The van der Waals surface area contributed by atoms with Crippen LogP contribution in [0.15, 0.2) is 12.1 Å². The van der Waals surface area contributed by atoms with Crippen LogP contribution >= 0.6 is 0 Å². The number of anilines is 1. The number of ether oxygens (including phenoxy) is 1. The summed E-state index contributed by atoms with van der Waals surface area (Å²) < 4.78 is 4.33. The van der Waals surface area contributed by atoms with Gasteiger partial charge in [-0.3, -0.25) is 10.1 Å². The molecule has 3 N–H and O–H groups in total. The Morgan fingerprint density at radius 1 is 1.60 bits per heavy atom. The third-order valence-electron chi connectivity index (χ3n) is 1.78. The van der Waals surface area contributed by atoms with E-state index in [1.54, 1.807) is 0 Å². The second-order valence-electron chi connectivity index (χ2n) is 2.65. The number of methoxy groups -OCH3 is 1. The molecule has 0 unspecified atom stereocenters. The first-order valence-corrected chi connectivity index (χ1v) is 3.83. The molecule has 0 saturated heterocycles. The topological polar surface area (TPSA) is 116 Å². The molecular weight excluding hydrogens is 204 g/mol. The fourth-order valence-electron chi connectivity index (χ4n) is 1.06. The number of carbonyl (C=O) groups is 1. The molecule has 0 spiro atoms. The van der Waals surface area contributed by atoms with Crippen LogP contribution < -0.4 is 5.73 Å². The third kappa shape index (κ3) is 1.80. The van der Waals surface area contributed by atoms with Crippen molar-refractivity contribution in [2.75, 3.05) is 12.8 Å². The third-order valence-corrected chi connectivity index (χ3v) is 1.78. The Kier molecular flexibility index (Phi) is 2.75. The standard InChI is InChI=1S/C8H8N2O5/c1-15-8(12)6-4(9)2-3-5(7(6)11)10(13)14/h2-3,11H,9H2,1H3. The van der Waals surface area contributed by atoms with Gasteiger partial charge in [0.25, 0.3) is 0 Å². The van der Waals surface area contributed by atoms with Gasteiger partial charge in [-0.05, 0) is 6.07 Å². The van der Waals surface area contributed by atoms with E-state index in [2.05, 4.69) is 4.74 Å². The number of nitro benzene ring substituents is 1. The maximum atomic E-state index is 11.1. The summed E-state index contributed by atoms with van der Waals surface area (Å²) in [5.41, 5.74) is 4.32. The van der Waals surface area contributed by atoms with Gasteiger partial charge >= 0.3 is 11.7 Å². The van der Waals surface area contributed by atoms with Gasteiger partial charge in [-0.2, -0.15) is 0 Å². The number of rotatable bonds is 2. The largest absolute Gasteiger partial charge is 0.501 e. The average molecular weight is 212 g/mol. The fourth-order valence-corrected chi connectivity index (χ4v) is 1.06. The van der Waals surface area contributed by atoms with Crippen molar-refractivity contribution < 1.29 is 19.6 Å². The summed E-state index contributed by atoms with van der Waals surface area (Å²) in [5.74, 6) is -1.71. The smallest absolute Gasteiger partial charge is 0.344 e. The number of carbonyl (C=O) groups excluding carboxylic acids is 1. The van der Waals surface area contributed by atoms with Crippen molar-refractivity contribution in [2.45, 2.75) is 0 Å². The highest BCUT2D eigenvalue weighted by Crippen LogP contribution is 2.33. The normalized spacial score (nSPS) is 9.67. The van der Waals surface area contributed by atoms with Crippen molar-refractivity contribution >= 4 is 17.3 Å². The minimum atomic E-state index is -0.922. The van der Waals surface area contributed by atoms with Crippen molar-refractivity contribution in [1.82, 2.24) is 0 Å². The van der Waals surface area contributed by atoms with E-state index in [4.69, 9.17) is 5.73 Å². The lowest BCUT2D eigenvalue weighted by Gasteiger charge is -2.05. The SMILES string of the molecule is COC(=O)c1c(N)ccc([N+](=O)[O-])c1O. The number of phenolic OH excluding ortho intramolecular Hbond substituents is 1. The van der Waals surface area contributed by atoms with E-state index in [0.29, 0.717) is 0 Å². The molecule has 0 aliphatic rings. The molecule has 0 saturated carbocycles. The molecule has 0 heterocycles. The Labute approximate surface area is 84.2 Å². The zero-order valence-corrected chi connectivity index (χ0v) is 7.76. The molecule has 0 aromatic heterocycles. The molecule has 15 heavy (non-hydrogen) atoms. The van der Waals surface area contributed by atoms with Gasteiger partial charge in [-0.25, -0.2) is 4.79 Å². The molecule has 7 nitrogen and oxygen atoms in total. The van der Waals surface area contributed by atoms with Gasteiger partial charge in [0.15, 0.2) is 0 Å². The number of nitro groups is 1. The predicted molar refractivity (Wildman–Crippen MR) is 50.5 cm³/mol. The quantitative estimate of drug-likeness (QED) is 0.322. The van der Waals surface area contributed by atoms with Gasteiger partial charge in [0.05, 0.1) is 17.7 Å². The van der Waals surface area contributed by atoms with Crippen LogP contribution in [0.1, 0.15) is 10.4 Å². The Morgan fingerprint density at radius 3 is 2.67 bits per heavy atom. The van der Waals surface area contributed by atoms with Gasteiger partial charge in [0, 0.05) is 6.07 Å². The maximum absolute atomic E-state index is 11.1. The van der Waals surface area contributed by atoms with Crippen LogP contribution in [0, 0.1) is 10.1 Å². The van der Waals surface area contributed by atoms with E-state index in [1.165, 1.54) is 0 Å². The molecule has 0 fully saturated rings. The highest BCUT2D eigenvalue weighted by Gasteiger charge is 2.24. The van der Waals surface area contributed by atoms with E-state index < -0.39 is 27.9 Å². The van der Waals surface area contributed by atoms with E-state index >= 15 is 0 Å². The summed E-state index contributed by atoms with van der Waals surface area (Å²) in [6.07, 6.45) is 0. The molecule has 0 aliphatic carbocycles. The molecular formula is C8H8N2O5. The summed E-state index contributed by atoms with van der Waals surface area (Å²) in [6.45, 7) is 0. The Morgan fingerprint density at radius 2 is 2.20 bits per heavy atom. The lowest BCUT2D eigenvalue weighted by atomic mass is 10.1. The molecule has 7 heteroatoms. The maximum Gasteiger partial charge on any atom is 0.344 e. The summed E-state index contributed by atoms with van der Waals surface area (Å²) >= 11 is 0. The number of aromatic hydroxyl groups is 1. The minimum absolute atomic E-state index is 0.0787. The van der Waals surface area contributed by atoms with Crippen molar-refractivity contribution in [3.05, 3.63) is 27.8 Å². The molecule has 0 aliphatic heterocycles. The Balaban J connectivity index is 3.43. The second kappa shape index (κ2) is 3.82. The van der Waals surface area contributed by atoms with Crippen LogP contribution in [-0.2, 0) is 4.74 Å². The highest BCUT2D eigenvalue weighted by atomic mass is 16.6. The van der Waals surface area contributed by atoms with E-state index in [9.17, 15) is 20.0 Å². The number of phenols is 1. The van der Waals surface area contributed by atoms with Crippen LogP contribution in [0.3, 0.4) is 0 Å². The van der Waals surface area contributed by atoms with Gasteiger partial charge < -0.3 is 15.6 Å². The number of hydrogen-bond donors (Lipinski definition) is 2. The highest BCUT2D eigenvalue weighted by molar-refractivity contribution is 5.99. The number of benzene rings is 1. The zero-order valence-electron chi connectivity index (χ0n) is 7.76. The van der Waals surface area contributed by atoms with Crippen LogP contribution in [0.25, 0.3) is 0 Å². The molecule has 80 valence electrons.